The van der Waals surface area contributed by atoms with E-state index in [1.54, 1.807) is 16.9 Å². The zero-order valence-electron chi connectivity index (χ0n) is 33.6. The van der Waals surface area contributed by atoms with Gasteiger partial charge in [-0.15, -0.1) is 0 Å². The number of aryl methyl sites for hydroxylation is 1. The molecule has 6 N–H and O–H groups in total. The summed E-state index contributed by atoms with van der Waals surface area (Å²) in [4.78, 5) is 80.5. The maximum absolute atomic E-state index is 12.4. The highest BCUT2D eigenvalue weighted by Gasteiger charge is 2.32. The smallest absolute Gasteiger partial charge is 0.345 e. The predicted molar refractivity (Wildman–Crippen MR) is 226 cm³/mol. The quantitative estimate of drug-likeness (QED) is 0.0347. The standard InChI is InChI=1S/C14H9Cl2NO5.C12H13ClN6O7S.C3H8NO5P.C3H9S/c1-21-14(18)10-7-9(3-4-12(10)17(19)20)22-13-5-2-8(15)6-11(13)16;1-19-9(7(10(20)21)8(13)17-19)27(23,24)18-12(22)16-11-14-5(25-2)4-6(15-11)26-3;5-3(6)1-4-2-10(7,8)9;1-4(2)3/h2-7H,1H3;4H,1-3H3,(H,20,21)(H2,14,15,16,18,22);4H,1-2H2,(H,5,6)(H2,7,8,9);1-3H3/q;;;+1/p-1. The number of aromatic carboxylic acids is 1. The SMILES string of the molecule is COC(=O)c1cc(Oc2ccc(Cl)cc2Cl)ccc1[N+](=O)[O-].COc1cc(OC)nc(NC(=O)NS(=O)(=O)c2c(C(=O)O)c(Cl)nn2C)n1.C[S+](C)C.O=C(O)CNCP(=O)([O-])O. The number of halogens is 3. The maximum atomic E-state index is 12.4. The van der Waals surface area contributed by atoms with Gasteiger partial charge in [-0.25, -0.2) is 19.1 Å². The van der Waals surface area contributed by atoms with Gasteiger partial charge in [-0.1, -0.05) is 34.8 Å². The molecule has 0 aliphatic carbocycles. The molecule has 0 aliphatic rings. The number of nitro benzene ring substituents is 1. The second kappa shape index (κ2) is 25.6. The molecule has 0 bridgehead atoms. The molecular formula is C32H38Cl3N8O17PS2. The van der Waals surface area contributed by atoms with Gasteiger partial charge in [0.15, 0.2) is 10.2 Å². The number of aromatic nitrogens is 4. The van der Waals surface area contributed by atoms with Gasteiger partial charge in [0.1, 0.15) is 30.2 Å². The van der Waals surface area contributed by atoms with Gasteiger partial charge in [0.25, 0.3) is 15.7 Å². The van der Waals surface area contributed by atoms with Crippen LogP contribution >= 0.6 is 42.4 Å². The monoisotopic (exact) mass is 1010 g/mol. The van der Waals surface area contributed by atoms with E-state index in [0.717, 1.165) is 20.2 Å². The molecule has 0 spiro atoms. The summed E-state index contributed by atoms with van der Waals surface area (Å²) in [6.45, 7) is -0.479. The number of anilines is 1. The molecule has 346 valence electrons. The minimum Gasteiger partial charge on any atom is -0.778 e. The Kier molecular flexibility index (Phi) is 22.5. The van der Waals surface area contributed by atoms with Gasteiger partial charge in [0.05, 0.1) is 68.9 Å². The molecule has 1 atom stereocenters. The number of carboxylic acid groups (broad SMARTS) is 2. The molecule has 0 radical (unpaired) electrons. The molecule has 2 heterocycles. The number of nitro groups is 1. The third-order valence-corrected chi connectivity index (χ3v) is 9.10. The Morgan fingerprint density at radius 2 is 1.54 bits per heavy atom. The minimum atomic E-state index is -4.64. The van der Waals surface area contributed by atoms with Crippen LogP contribution in [0.2, 0.25) is 15.2 Å². The highest BCUT2D eigenvalue weighted by molar-refractivity contribution is 7.94. The van der Waals surface area contributed by atoms with E-state index in [4.69, 9.17) is 64.1 Å². The van der Waals surface area contributed by atoms with Gasteiger partial charge in [0, 0.05) is 24.2 Å². The number of urea groups is 1. The number of hydrogen-bond acceptors (Lipinski definition) is 18. The van der Waals surface area contributed by atoms with E-state index < -0.39 is 75.1 Å². The van der Waals surface area contributed by atoms with Crippen molar-refractivity contribution in [2.45, 2.75) is 5.03 Å². The number of rotatable bonds is 14. The number of carbonyl (C=O) groups is 4. The minimum absolute atomic E-state index is 0.0478. The van der Waals surface area contributed by atoms with Crippen molar-refractivity contribution in [3.63, 3.8) is 0 Å². The van der Waals surface area contributed by atoms with E-state index in [1.165, 1.54) is 38.5 Å². The van der Waals surface area contributed by atoms with E-state index in [2.05, 4.69) is 43.9 Å². The molecule has 0 aliphatic heterocycles. The van der Waals surface area contributed by atoms with Crippen molar-refractivity contribution in [2.24, 2.45) is 7.05 Å². The lowest BCUT2D eigenvalue weighted by Gasteiger charge is -2.14. The van der Waals surface area contributed by atoms with E-state index in [0.29, 0.717) is 26.3 Å². The van der Waals surface area contributed by atoms with Gasteiger partial charge in [-0.3, -0.25) is 30.2 Å². The number of aliphatic carboxylic acids is 1. The van der Waals surface area contributed by atoms with Crippen LogP contribution in [0, 0.1) is 10.1 Å². The number of esters is 1. The molecule has 2 aromatic heterocycles. The van der Waals surface area contributed by atoms with E-state index in [1.807, 2.05) is 5.32 Å². The van der Waals surface area contributed by atoms with Crippen molar-refractivity contribution < 1.29 is 76.0 Å². The van der Waals surface area contributed by atoms with Crippen molar-refractivity contribution in [1.29, 1.82) is 0 Å². The van der Waals surface area contributed by atoms with Crippen molar-refractivity contribution in [1.82, 2.24) is 29.8 Å². The number of carboxylic acids is 2. The van der Waals surface area contributed by atoms with Crippen molar-refractivity contribution >= 4 is 98.9 Å². The number of hydrogen-bond donors (Lipinski definition) is 6. The van der Waals surface area contributed by atoms with Crippen LogP contribution in [0.4, 0.5) is 16.4 Å². The highest BCUT2D eigenvalue weighted by atomic mass is 35.5. The van der Waals surface area contributed by atoms with Gasteiger partial charge >= 0.3 is 23.9 Å². The van der Waals surface area contributed by atoms with Crippen molar-refractivity contribution in [3.05, 3.63) is 78.9 Å². The normalized spacial score (nSPS) is 11.4. The molecule has 0 saturated carbocycles. The van der Waals surface area contributed by atoms with Gasteiger partial charge < -0.3 is 43.5 Å². The fourth-order valence-corrected chi connectivity index (χ4v) is 6.35. The topological polar surface area (TPSA) is 363 Å². The molecular weight excluding hydrogens is 970 g/mol. The van der Waals surface area contributed by atoms with E-state index >= 15 is 0 Å². The number of ether oxygens (including phenoxy) is 4. The van der Waals surface area contributed by atoms with Crippen LogP contribution in [0.3, 0.4) is 0 Å². The first kappa shape index (κ1) is 55.5. The molecule has 31 heteroatoms. The number of methoxy groups -OCH3 is 3. The van der Waals surface area contributed by atoms with Crippen molar-refractivity contribution in [3.8, 4) is 23.3 Å². The second-order valence-electron chi connectivity index (χ2n) is 11.7. The molecule has 1 unspecified atom stereocenters. The van der Waals surface area contributed by atoms with Gasteiger partial charge in [0.2, 0.25) is 17.7 Å². The first-order valence-corrected chi connectivity index (χ1v) is 23.2. The Labute approximate surface area is 375 Å². The Morgan fingerprint density at radius 3 is 2.00 bits per heavy atom. The zero-order chi connectivity index (χ0) is 48.4. The summed E-state index contributed by atoms with van der Waals surface area (Å²) in [5, 5.41) is 35.0. The predicted octanol–water partition coefficient (Wildman–Crippen LogP) is 3.23. The average Bonchev–Trinajstić information content (AvgIpc) is 3.48. The molecule has 63 heavy (non-hydrogen) atoms. The molecule has 0 fully saturated rings. The first-order chi connectivity index (χ1) is 29.2. The third kappa shape index (κ3) is 19.6. The van der Waals surface area contributed by atoms with Crippen LogP contribution in [0.1, 0.15) is 20.7 Å². The molecule has 2 amide bonds. The zero-order valence-corrected chi connectivity index (χ0v) is 38.4. The summed E-state index contributed by atoms with van der Waals surface area (Å²) in [6.07, 6.45) is 5.87. The highest BCUT2D eigenvalue weighted by Crippen LogP contribution is 2.34. The number of nitrogens with one attached hydrogen (secondary N) is 3. The van der Waals surface area contributed by atoms with Gasteiger partial charge in [-0.2, -0.15) is 23.5 Å². The van der Waals surface area contributed by atoms with E-state index in [9.17, 15) is 47.2 Å². The van der Waals surface area contributed by atoms with Crippen LogP contribution in [0.25, 0.3) is 0 Å². The van der Waals surface area contributed by atoms with Crippen LogP contribution in [0.15, 0.2) is 47.5 Å². The van der Waals surface area contributed by atoms with Crippen LogP contribution < -0.4 is 34.5 Å². The lowest BCUT2D eigenvalue weighted by Crippen LogP contribution is -2.36. The lowest BCUT2D eigenvalue weighted by molar-refractivity contribution is -0.385. The van der Waals surface area contributed by atoms with Crippen LogP contribution in [-0.4, -0.2) is 125 Å². The third-order valence-electron chi connectivity index (χ3n) is 6.25. The van der Waals surface area contributed by atoms with Crippen molar-refractivity contribution in [2.75, 3.05) is 58.2 Å². The Balaban J connectivity index is 0.000000491. The van der Waals surface area contributed by atoms with Crippen LogP contribution in [-0.2, 0) is 42.1 Å². The average molecular weight is 1010 g/mol. The fourth-order valence-electron chi connectivity index (χ4n) is 3.93. The maximum Gasteiger partial charge on any atom is 0.345 e. The Bertz CT molecular complexity index is 2420. The molecule has 2 aromatic carbocycles. The molecule has 4 rings (SSSR count). The number of nitrogens with zero attached hydrogens (tertiary/aromatic N) is 5. The summed E-state index contributed by atoms with van der Waals surface area (Å²) in [6, 6.07) is 8.41. The Hall–Kier alpha value is -5.51. The molecule has 25 nitrogen and oxygen atoms in total. The first-order valence-electron chi connectivity index (χ1n) is 16.4. The number of amides is 2. The summed E-state index contributed by atoms with van der Waals surface area (Å²) < 4.78 is 56.9. The molecule has 0 saturated heterocycles. The number of sulfonamides is 1. The van der Waals surface area contributed by atoms with E-state index in [-0.39, 0.29) is 39.7 Å². The largest absolute Gasteiger partial charge is 0.778 e. The van der Waals surface area contributed by atoms with Gasteiger partial charge in [-0.05, 0) is 35.2 Å². The summed E-state index contributed by atoms with van der Waals surface area (Å²) in [5.41, 5.74) is -1.37. The Morgan fingerprint density at radius 1 is 0.968 bits per heavy atom. The summed E-state index contributed by atoms with van der Waals surface area (Å²) in [5.74, 6) is -3.35. The molecule has 4 aromatic rings. The number of benzene rings is 2. The summed E-state index contributed by atoms with van der Waals surface area (Å²) >= 11 is 17.4. The second-order valence-corrected chi connectivity index (χ2v) is 18.5. The summed E-state index contributed by atoms with van der Waals surface area (Å²) in [7, 11) is -3.43. The number of carbonyl (C=O) groups excluding carboxylic acids is 2. The fraction of sp³-hybridized carbons (Fsp3) is 0.281. The van der Waals surface area contributed by atoms with Crippen LogP contribution in [0.5, 0.6) is 23.3 Å². The lowest BCUT2D eigenvalue weighted by atomic mass is 10.1.